The van der Waals surface area contributed by atoms with Gasteiger partial charge in [0, 0.05) is 25.4 Å². The summed E-state index contributed by atoms with van der Waals surface area (Å²) < 4.78 is 31.8. The van der Waals surface area contributed by atoms with Gasteiger partial charge in [-0.3, -0.25) is 14.8 Å². The summed E-state index contributed by atoms with van der Waals surface area (Å²) in [5.41, 5.74) is 3.05. The highest BCUT2D eigenvalue weighted by molar-refractivity contribution is 7.86. The molecule has 0 spiro atoms. The van der Waals surface area contributed by atoms with Gasteiger partial charge in [0.15, 0.2) is 0 Å². The number of amides is 1. The SMILES string of the molecule is CNC(=O)c1ccc(N/N=C/C2C=CC=CC2S(=O)(=O)O)nc1. The maximum absolute atomic E-state index is 11.4. The Morgan fingerprint density at radius 2 is 2.09 bits per heavy atom. The molecule has 0 aliphatic heterocycles. The molecule has 0 saturated heterocycles. The molecule has 8 nitrogen and oxygen atoms in total. The van der Waals surface area contributed by atoms with Crippen LogP contribution in [0.4, 0.5) is 5.82 Å². The number of hydrazone groups is 1. The van der Waals surface area contributed by atoms with Crippen LogP contribution in [-0.2, 0) is 10.1 Å². The summed E-state index contributed by atoms with van der Waals surface area (Å²) in [6.07, 6.45) is 8.99. The van der Waals surface area contributed by atoms with Crippen LogP contribution in [0.25, 0.3) is 0 Å². The number of aromatic nitrogens is 1. The molecule has 0 radical (unpaired) electrons. The summed E-state index contributed by atoms with van der Waals surface area (Å²) in [7, 11) is -2.68. The van der Waals surface area contributed by atoms with Crippen molar-refractivity contribution in [3.8, 4) is 0 Å². The number of allylic oxidation sites excluding steroid dienone is 3. The molecule has 2 atom stereocenters. The molecular weight excluding hydrogens is 320 g/mol. The van der Waals surface area contributed by atoms with Gasteiger partial charge in [0.1, 0.15) is 11.1 Å². The van der Waals surface area contributed by atoms with Gasteiger partial charge in [0.05, 0.1) is 5.56 Å². The average Bonchev–Trinajstić information content (AvgIpc) is 2.54. The molecule has 0 bridgehead atoms. The second kappa shape index (κ2) is 7.16. The van der Waals surface area contributed by atoms with Gasteiger partial charge >= 0.3 is 0 Å². The van der Waals surface area contributed by atoms with Crippen molar-refractivity contribution in [1.82, 2.24) is 10.3 Å². The number of nitrogens with zero attached hydrogens (tertiary/aromatic N) is 2. The molecule has 1 aliphatic carbocycles. The minimum Gasteiger partial charge on any atom is -0.355 e. The van der Waals surface area contributed by atoms with Crippen LogP contribution >= 0.6 is 0 Å². The van der Waals surface area contributed by atoms with Crippen molar-refractivity contribution in [1.29, 1.82) is 0 Å². The van der Waals surface area contributed by atoms with E-state index in [-0.39, 0.29) is 5.91 Å². The van der Waals surface area contributed by atoms with Gasteiger partial charge in [0.25, 0.3) is 16.0 Å². The lowest BCUT2D eigenvalue weighted by Crippen LogP contribution is -2.28. The van der Waals surface area contributed by atoms with Crippen molar-refractivity contribution in [2.24, 2.45) is 11.0 Å². The third-order valence-electron chi connectivity index (χ3n) is 3.15. The highest BCUT2D eigenvalue weighted by Gasteiger charge is 2.28. The van der Waals surface area contributed by atoms with Crippen molar-refractivity contribution < 1.29 is 17.8 Å². The first-order valence-corrected chi connectivity index (χ1v) is 8.21. The predicted octanol–water partition coefficient (Wildman–Crippen LogP) is 0.837. The fourth-order valence-electron chi connectivity index (χ4n) is 1.96. The molecule has 23 heavy (non-hydrogen) atoms. The smallest absolute Gasteiger partial charge is 0.272 e. The summed E-state index contributed by atoms with van der Waals surface area (Å²) in [4.78, 5) is 15.4. The molecule has 1 aromatic rings. The second-order valence-corrected chi connectivity index (χ2v) is 6.30. The van der Waals surface area contributed by atoms with Crippen molar-refractivity contribution >= 4 is 28.1 Å². The van der Waals surface area contributed by atoms with E-state index < -0.39 is 21.3 Å². The van der Waals surface area contributed by atoms with E-state index in [9.17, 15) is 17.8 Å². The first kappa shape index (κ1) is 16.8. The first-order valence-electron chi connectivity index (χ1n) is 6.70. The zero-order valence-electron chi connectivity index (χ0n) is 12.2. The molecule has 2 unspecified atom stereocenters. The molecule has 0 fully saturated rings. The van der Waals surface area contributed by atoms with Crippen LogP contribution in [-0.4, -0.2) is 42.4 Å². The van der Waals surface area contributed by atoms with E-state index in [1.54, 1.807) is 30.4 Å². The highest BCUT2D eigenvalue weighted by Crippen LogP contribution is 2.18. The fraction of sp³-hybridized carbons (Fsp3) is 0.214. The Kier molecular flexibility index (Phi) is 5.24. The van der Waals surface area contributed by atoms with Crippen molar-refractivity contribution in [2.75, 3.05) is 12.5 Å². The Morgan fingerprint density at radius 1 is 1.35 bits per heavy atom. The van der Waals surface area contributed by atoms with Crippen molar-refractivity contribution in [3.63, 3.8) is 0 Å². The Balaban J connectivity index is 2.02. The van der Waals surface area contributed by atoms with Crippen LogP contribution in [0.2, 0.25) is 0 Å². The molecule has 1 amide bonds. The molecule has 0 aromatic carbocycles. The molecular formula is C14H16N4O4S. The Labute approximate surface area is 133 Å². The monoisotopic (exact) mass is 336 g/mol. The minimum atomic E-state index is -4.21. The number of carbonyl (C=O) groups is 1. The standard InChI is InChI=1S/C14H16N4O4S/c1-15-14(19)11-6-7-13(16-8-11)18-17-9-10-4-2-3-5-12(10)23(20,21)22/h2-10,12H,1H3,(H,15,19)(H,16,18)(H,20,21,22)/b17-9+. The van der Waals surface area contributed by atoms with Gasteiger partial charge in [-0.1, -0.05) is 24.3 Å². The summed E-state index contributed by atoms with van der Waals surface area (Å²) in [5, 5.41) is 5.34. The molecule has 9 heteroatoms. The lowest BCUT2D eigenvalue weighted by atomic mass is 10.0. The van der Waals surface area contributed by atoms with Gasteiger partial charge < -0.3 is 5.32 Å². The number of carbonyl (C=O) groups excluding carboxylic acids is 1. The number of hydrogen-bond donors (Lipinski definition) is 3. The topological polar surface area (TPSA) is 121 Å². The Hall–Kier alpha value is -2.52. The zero-order valence-corrected chi connectivity index (χ0v) is 13.1. The fourth-order valence-corrected chi connectivity index (χ4v) is 2.81. The third kappa shape index (κ3) is 4.47. The number of pyridine rings is 1. The van der Waals surface area contributed by atoms with Crippen molar-refractivity contribution in [2.45, 2.75) is 5.25 Å². The average molecular weight is 336 g/mol. The molecule has 3 N–H and O–H groups in total. The molecule has 1 aliphatic rings. The van der Waals surface area contributed by atoms with Crippen LogP contribution in [0, 0.1) is 5.92 Å². The van der Waals surface area contributed by atoms with E-state index in [0.717, 1.165) is 0 Å². The first-order chi connectivity index (χ1) is 10.9. The molecule has 2 rings (SSSR count). The van der Waals surface area contributed by atoms with Gasteiger partial charge in [-0.25, -0.2) is 4.98 Å². The van der Waals surface area contributed by atoms with E-state index in [0.29, 0.717) is 11.4 Å². The van der Waals surface area contributed by atoms with Crippen LogP contribution in [0.5, 0.6) is 0 Å². The number of hydrogen-bond acceptors (Lipinski definition) is 6. The minimum absolute atomic E-state index is 0.248. The maximum atomic E-state index is 11.4. The molecule has 0 saturated carbocycles. The van der Waals surface area contributed by atoms with Gasteiger partial charge in [-0.05, 0) is 12.1 Å². The normalized spacial score (nSPS) is 20.6. The van der Waals surface area contributed by atoms with Crippen LogP contribution in [0.15, 0.2) is 47.7 Å². The quantitative estimate of drug-likeness (QED) is 0.416. The number of rotatable bonds is 5. The second-order valence-electron chi connectivity index (χ2n) is 4.73. The van der Waals surface area contributed by atoms with E-state index in [1.165, 1.54) is 25.5 Å². The number of nitrogens with one attached hydrogen (secondary N) is 2. The van der Waals surface area contributed by atoms with E-state index >= 15 is 0 Å². The zero-order chi connectivity index (χ0) is 16.9. The third-order valence-corrected chi connectivity index (χ3v) is 4.31. The Bertz CT molecular complexity index is 753. The van der Waals surface area contributed by atoms with Gasteiger partial charge in [0.2, 0.25) is 0 Å². The lowest BCUT2D eigenvalue weighted by Gasteiger charge is -2.17. The van der Waals surface area contributed by atoms with E-state index in [4.69, 9.17) is 0 Å². The van der Waals surface area contributed by atoms with Gasteiger partial charge in [-0.2, -0.15) is 13.5 Å². The molecule has 1 heterocycles. The van der Waals surface area contributed by atoms with Crippen LogP contribution in [0.1, 0.15) is 10.4 Å². The lowest BCUT2D eigenvalue weighted by molar-refractivity contribution is 0.0962. The van der Waals surface area contributed by atoms with E-state index in [1.807, 2.05) is 0 Å². The van der Waals surface area contributed by atoms with Crippen molar-refractivity contribution in [3.05, 3.63) is 48.2 Å². The summed E-state index contributed by atoms with van der Waals surface area (Å²) in [6.45, 7) is 0. The summed E-state index contributed by atoms with van der Waals surface area (Å²) in [5.74, 6) is -0.442. The predicted molar refractivity (Wildman–Crippen MR) is 86.8 cm³/mol. The van der Waals surface area contributed by atoms with E-state index in [2.05, 4.69) is 20.8 Å². The summed E-state index contributed by atoms with van der Waals surface area (Å²) >= 11 is 0. The number of anilines is 1. The largest absolute Gasteiger partial charge is 0.355 e. The van der Waals surface area contributed by atoms with Crippen LogP contribution in [0.3, 0.4) is 0 Å². The molecule has 122 valence electrons. The van der Waals surface area contributed by atoms with Gasteiger partial charge in [-0.15, -0.1) is 0 Å². The Morgan fingerprint density at radius 3 is 2.70 bits per heavy atom. The maximum Gasteiger partial charge on any atom is 0.272 e. The van der Waals surface area contributed by atoms with Crippen LogP contribution < -0.4 is 10.7 Å². The molecule has 1 aromatic heterocycles. The summed E-state index contributed by atoms with van der Waals surface area (Å²) in [6, 6.07) is 3.15. The highest BCUT2D eigenvalue weighted by atomic mass is 32.2.